The summed E-state index contributed by atoms with van der Waals surface area (Å²) < 4.78 is 26.4. The first kappa shape index (κ1) is 12.6. The second kappa shape index (κ2) is 5.22. The number of hydrogen-bond acceptors (Lipinski definition) is 5. The van der Waals surface area contributed by atoms with Gasteiger partial charge in [0, 0.05) is 23.5 Å². The Bertz CT molecular complexity index is 657. The fourth-order valence-electron chi connectivity index (χ4n) is 1.37. The third-order valence-corrected chi connectivity index (χ3v) is 2.39. The maximum Gasteiger partial charge on any atom is 0.216 e. The van der Waals surface area contributed by atoms with Gasteiger partial charge >= 0.3 is 0 Å². The van der Waals surface area contributed by atoms with Crippen molar-refractivity contribution in [3.05, 3.63) is 41.4 Å². The Balaban J connectivity index is 2.30. The Morgan fingerprint density at radius 1 is 1.47 bits per heavy atom. The molecule has 0 aliphatic carbocycles. The molecule has 0 spiro atoms. The van der Waals surface area contributed by atoms with Crippen LogP contribution in [0.3, 0.4) is 0 Å². The van der Waals surface area contributed by atoms with Crippen molar-refractivity contribution in [2.45, 2.75) is 6.92 Å². The molecule has 0 saturated heterocycles. The third-order valence-electron chi connectivity index (χ3n) is 2.39. The minimum absolute atomic E-state index is 0.0813. The molecular weight excluding hydrogens is 254 g/mol. The largest absolute Gasteiger partial charge is 0.360 e. The summed E-state index contributed by atoms with van der Waals surface area (Å²) >= 11 is 0. The number of halogens is 2. The van der Waals surface area contributed by atoms with Gasteiger partial charge in [0.05, 0.1) is 0 Å². The van der Waals surface area contributed by atoms with Crippen LogP contribution in [0, 0.1) is 29.9 Å². The number of tetrazole rings is 1. The van der Waals surface area contributed by atoms with Crippen molar-refractivity contribution in [1.82, 2.24) is 20.6 Å². The number of hydrogen-bond donors (Lipinski definition) is 2. The molecule has 0 fully saturated rings. The second-order valence-electron chi connectivity index (χ2n) is 3.61. The molecule has 0 amide bonds. The second-order valence-corrected chi connectivity index (χ2v) is 3.61. The highest BCUT2D eigenvalue weighted by Crippen LogP contribution is 2.20. The van der Waals surface area contributed by atoms with E-state index in [2.05, 4.69) is 25.9 Å². The van der Waals surface area contributed by atoms with Crippen LogP contribution in [-0.2, 0) is 0 Å². The minimum atomic E-state index is -0.711. The lowest BCUT2D eigenvalue weighted by atomic mass is 10.2. The molecule has 2 N–H and O–H groups in total. The first-order chi connectivity index (χ1) is 9.11. The lowest BCUT2D eigenvalue weighted by molar-refractivity contribution is 0.578. The van der Waals surface area contributed by atoms with Crippen LogP contribution < -0.4 is 5.32 Å². The molecule has 0 radical (unpaired) electrons. The van der Waals surface area contributed by atoms with Crippen LogP contribution in [-0.4, -0.2) is 20.6 Å². The monoisotopic (exact) mass is 262 g/mol. The molecule has 0 aliphatic heterocycles. The van der Waals surface area contributed by atoms with Crippen LogP contribution in [0.5, 0.6) is 0 Å². The normalized spacial score (nSPS) is 11.2. The molecule has 0 bridgehead atoms. The topological polar surface area (TPSA) is 90.3 Å². The zero-order valence-electron chi connectivity index (χ0n) is 9.78. The Kier molecular flexibility index (Phi) is 3.47. The van der Waals surface area contributed by atoms with Gasteiger partial charge in [-0.15, -0.1) is 10.2 Å². The van der Waals surface area contributed by atoms with Gasteiger partial charge in [-0.1, -0.05) is 0 Å². The summed E-state index contributed by atoms with van der Waals surface area (Å²) in [5, 5.41) is 24.4. The summed E-state index contributed by atoms with van der Waals surface area (Å²) in [6, 6.07) is 3.76. The molecule has 0 atom stereocenters. The summed E-state index contributed by atoms with van der Waals surface area (Å²) in [6.45, 7) is 1.49. The first-order valence-electron chi connectivity index (χ1n) is 5.18. The van der Waals surface area contributed by atoms with Crippen molar-refractivity contribution in [3.63, 3.8) is 0 Å². The molecule has 0 unspecified atom stereocenters. The summed E-state index contributed by atoms with van der Waals surface area (Å²) in [4.78, 5) is 0. The van der Waals surface area contributed by atoms with Crippen molar-refractivity contribution in [1.29, 1.82) is 5.26 Å². The van der Waals surface area contributed by atoms with Crippen LogP contribution in [0.2, 0.25) is 0 Å². The van der Waals surface area contributed by atoms with Gasteiger partial charge in [0.2, 0.25) is 5.82 Å². The molecule has 2 rings (SSSR count). The van der Waals surface area contributed by atoms with Gasteiger partial charge in [0.1, 0.15) is 23.3 Å². The quantitative estimate of drug-likeness (QED) is 0.822. The number of nitrogens with zero attached hydrogens (tertiary/aromatic N) is 4. The summed E-state index contributed by atoms with van der Waals surface area (Å²) in [7, 11) is 0. The van der Waals surface area contributed by atoms with Gasteiger partial charge in [0.25, 0.3) is 0 Å². The summed E-state index contributed by atoms with van der Waals surface area (Å²) in [6.07, 6.45) is 1.26. The SMILES string of the molecule is Cc1c(F)cc(F)cc1NC=C(C#N)c1nn[nH]n1. The van der Waals surface area contributed by atoms with E-state index in [9.17, 15) is 8.78 Å². The van der Waals surface area contributed by atoms with E-state index in [0.717, 1.165) is 12.1 Å². The van der Waals surface area contributed by atoms with Crippen LogP contribution >= 0.6 is 0 Å². The van der Waals surface area contributed by atoms with Crippen molar-refractivity contribution >= 4 is 11.3 Å². The standard InChI is InChI=1S/C11H8F2N6/c1-6-9(13)2-8(12)3-10(6)15-5-7(4-14)11-16-18-19-17-11/h2-3,5,15H,1H3,(H,16,17,18,19). The van der Waals surface area contributed by atoms with E-state index < -0.39 is 11.6 Å². The van der Waals surface area contributed by atoms with Crippen LogP contribution in [0.25, 0.3) is 5.57 Å². The molecule has 0 saturated carbocycles. The molecule has 1 aromatic carbocycles. The van der Waals surface area contributed by atoms with Gasteiger partial charge in [0.15, 0.2) is 0 Å². The number of nitrogens with one attached hydrogen (secondary N) is 2. The average Bonchev–Trinajstić information content (AvgIpc) is 2.89. The smallest absolute Gasteiger partial charge is 0.216 e. The zero-order valence-corrected chi connectivity index (χ0v) is 9.78. The number of rotatable bonds is 3. The molecular formula is C11H8F2N6. The fraction of sp³-hybridized carbons (Fsp3) is 0.0909. The predicted octanol–water partition coefficient (Wildman–Crippen LogP) is 1.76. The van der Waals surface area contributed by atoms with Crippen molar-refractivity contribution in [2.75, 3.05) is 5.32 Å². The minimum Gasteiger partial charge on any atom is -0.360 e. The van der Waals surface area contributed by atoms with Gasteiger partial charge in [-0.2, -0.15) is 10.5 Å². The van der Waals surface area contributed by atoms with Crippen LogP contribution in [0.1, 0.15) is 11.4 Å². The number of aromatic amines is 1. The molecule has 96 valence electrons. The van der Waals surface area contributed by atoms with E-state index in [-0.39, 0.29) is 22.6 Å². The predicted molar refractivity (Wildman–Crippen MR) is 62.5 cm³/mol. The summed E-state index contributed by atoms with van der Waals surface area (Å²) in [5.74, 6) is -1.30. The molecule has 19 heavy (non-hydrogen) atoms. The highest BCUT2D eigenvalue weighted by Gasteiger charge is 2.08. The molecule has 2 aromatic rings. The van der Waals surface area contributed by atoms with Crippen LogP contribution in [0.15, 0.2) is 18.3 Å². The summed E-state index contributed by atoms with van der Waals surface area (Å²) in [5.41, 5.74) is 0.537. The lowest BCUT2D eigenvalue weighted by Crippen LogP contribution is -1.98. The zero-order chi connectivity index (χ0) is 13.8. The van der Waals surface area contributed by atoms with Gasteiger partial charge < -0.3 is 5.32 Å². The van der Waals surface area contributed by atoms with Gasteiger partial charge in [-0.05, 0) is 18.2 Å². The van der Waals surface area contributed by atoms with Crippen molar-refractivity contribution < 1.29 is 8.78 Å². The molecule has 1 heterocycles. The Morgan fingerprint density at radius 2 is 2.26 bits per heavy atom. The van der Waals surface area contributed by atoms with E-state index in [0.29, 0.717) is 0 Å². The molecule has 1 aromatic heterocycles. The van der Waals surface area contributed by atoms with Crippen molar-refractivity contribution in [3.8, 4) is 6.07 Å². The lowest BCUT2D eigenvalue weighted by Gasteiger charge is -2.06. The van der Waals surface area contributed by atoms with Crippen molar-refractivity contribution in [2.24, 2.45) is 0 Å². The maximum absolute atomic E-state index is 13.3. The fourth-order valence-corrected chi connectivity index (χ4v) is 1.37. The Morgan fingerprint density at radius 3 is 2.89 bits per heavy atom. The number of aromatic nitrogens is 4. The molecule has 0 aliphatic rings. The van der Waals surface area contributed by atoms with Crippen LogP contribution in [0.4, 0.5) is 14.5 Å². The first-order valence-corrected chi connectivity index (χ1v) is 5.18. The van der Waals surface area contributed by atoms with E-state index in [1.807, 2.05) is 6.07 Å². The number of nitriles is 1. The number of anilines is 1. The number of benzene rings is 1. The van der Waals surface area contributed by atoms with E-state index in [1.165, 1.54) is 13.1 Å². The Hall–Kier alpha value is -2.82. The maximum atomic E-state index is 13.3. The van der Waals surface area contributed by atoms with Gasteiger partial charge in [-0.3, -0.25) is 0 Å². The highest BCUT2D eigenvalue weighted by atomic mass is 19.1. The van der Waals surface area contributed by atoms with E-state index in [4.69, 9.17) is 5.26 Å². The number of allylic oxidation sites excluding steroid dienone is 1. The van der Waals surface area contributed by atoms with E-state index >= 15 is 0 Å². The van der Waals surface area contributed by atoms with Gasteiger partial charge in [-0.25, -0.2) is 8.78 Å². The average molecular weight is 262 g/mol. The van der Waals surface area contributed by atoms with E-state index in [1.54, 1.807) is 0 Å². The third kappa shape index (κ3) is 2.71. The molecule has 8 heteroatoms. The number of H-pyrrole nitrogens is 1. The Labute approximate surface area is 106 Å². The highest BCUT2D eigenvalue weighted by molar-refractivity contribution is 5.74. The molecule has 6 nitrogen and oxygen atoms in total.